The average Bonchev–Trinajstić information content (AvgIpc) is 2.25. The van der Waals surface area contributed by atoms with Gasteiger partial charge < -0.3 is 25.5 Å². The Kier molecular flexibility index (Phi) is 7.24. The molecule has 0 aromatic carbocycles. The second kappa shape index (κ2) is 7.86. The van der Waals surface area contributed by atoms with Gasteiger partial charge >= 0.3 is 12.0 Å². The molecule has 0 bridgehead atoms. The second-order valence-corrected chi connectivity index (χ2v) is 3.90. The molecule has 0 fully saturated rings. The lowest BCUT2D eigenvalue weighted by molar-refractivity contribution is -0.146. The second-order valence-electron chi connectivity index (χ2n) is 3.90. The van der Waals surface area contributed by atoms with E-state index in [4.69, 9.17) is 15.3 Å². The standard InChI is InChI=1S/C10H20N2O5/c1-7(2)12(4-3-5-13)10(17)11-6-8(14)9(15)16/h7-8,13-14H,3-6H2,1-2H3,(H,11,17)(H,15,16)/t8-/m0/s1. The van der Waals surface area contributed by atoms with E-state index in [9.17, 15) is 9.59 Å². The summed E-state index contributed by atoms with van der Waals surface area (Å²) in [5, 5.41) is 28.5. The molecule has 0 rings (SSSR count). The number of nitrogens with zero attached hydrogens (tertiary/aromatic N) is 1. The predicted molar refractivity (Wildman–Crippen MR) is 60.6 cm³/mol. The Bertz CT molecular complexity index is 257. The minimum Gasteiger partial charge on any atom is -0.479 e. The minimum atomic E-state index is -1.61. The van der Waals surface area contributed by atoms with E-state index in [1.807, 2.05) is 13.8 Å². The highest BCUT2D eigenvalue weighted by Gasteiger charge is 2.19. The number of carboxylic acid groups (broad SMARTS) is 1. The summed E-state index contributed by atoms with van der Waals surface area (Å²) in [4.78, 5) is 23.4. The molecule has 7 nitrogen and oxygen atoms in total. The van der Waals surface area contributed by atoms with E-state index in [0.717, 1.165) is 0 Å². The Labute approximate surface area is 100 Å². The molecular formula is C10H20N2O5. The number of carboxylic acids is 1. The molecular weight excluding hydrogens is 228 g/mol. The van der Waals surface area contributed by atoms with Crippen LogP contribution >= 0.6 is 0 Å². The van der Waals surface area contributed by atoms with Crippen molar-refractivity contribution in [1.82, 2.24) is 10.2 Å². The van der Waals surface area contributed by atoms with Gasteiger partial charge in [0.1, 0.15) is 0 Å². The molecule has 4 N–H and O–H groups in total. The van der Waals surface area contributed by atoms with Crippen LogP contribution in [0.3, 0.4) is 0 Å². The molecule has 0 aromatic rings. The highest BCUT2D eigenvalue weighted by atomic mass is 16.4. The van der Waals surface area contributed by atoms with Crippen LogP contribution in [-0.2, 0) is 4.79 Å². The Morgan fingerprint density at radius 1 is 1.35 bits per heavy atom. The van der Waals surface area contributed by atoms with Crippen molar-refractivity contribution in [1.29, 1.82) is 0 Å². The lowest BCUT2D eigenvalue weighted by Gasteiger charge is -2.27. The highest BCUT2D eigenvalue weighted by Crippen LogP contribution is 2.00. The average molecular weight is 248 g/mol. The lowest BCUT2D eigenvalue weighted by Crippen LogP contribution is -2.47. The molecule has 0 heterocycles. The molecule has 0 aromatic heterocycles. The number of aliphatic hydroxyl groups is 2. The first kappa shape index (κ1) is 15.7. The number of hydrogen-bond donors (Lipinski definition) is 4. The third-order valence-corrected chi connectivity index (χ3v) is 2.17. The van der Waals surface area contributed by atoms with Gasteiger partial charge in [-0.2, -0.15) is 0 Å². The summed E-state index contributed by atoms with van der Waals surface area (Å²) < 4.78 is 0. The van der Waals surface area contributed by atoms with E-state index >= 15 is 0 Å². The quantitative estimate of drug-likeness (QED) is 0.473. The van der Waals surface area contributed by atoms with Crippen LogP contribution in [0.5, 0.6) is 0 Å². The van der Waals surface area contributed by atoms with Crippen molar-refractivity contribution in [3.05, 3.63) is 0 Å². The molecule has 0 aliphatic rings. The number of urea groups is 1. The molecule has 0 spiro atoms. The van der Waals surface area contributed by atoms with Crippen molar-refractivity contribution < 1.29 is 24.9 Å². The van der Waals surface area contributed by atoms with Crippen LogP contribution in [0, 0.1) is 0 Å². The SMILES string of the molecule is CC(C)N(CCCO)C(=O)NC[C@H](O)C(=O)O. The smallest absolute Gasteiger partial charge is 0.334 e. The van der Waals surface area contributed by atoms with Crippen LogP contribution in [0.4, 0.5) is 4.79 Å². The lowest BCUT2D eigenvalue weighted by atomic mass is 10.3. The van der Waals surface area contributed by atoms with Crippen molar-refractivity contribution >= 4 is 12.0 Å². The van der Waals surface area contributed by atoms with E-state index in [1.54, 1.807) is 0 Å². The summed E-state index contributed by atoms with van der Waals surface area (Å²) in [6, 6.07) is -0.516. The third kappa shape index (κ3) is 6.08. The molecule has 1 atom stereocenters. The van der Waals surface area contributed by atoms with Crippen molar-refractivity contribution in [3.63, 3.8) is 0 Å². The van der Waals surface area contributed by atoms with Crippen molar-refractivity contribution in [3.8, 4) is 0 Å². The van der Waals surface area contributed by atoms with Crippen LogP contribution < -0.4 is 5.32 Å². The topological polar surface area (TPSA) is 110 Å². The first-order chi connectivity index (χ1) is 7.90. The van der Waals surface area contributed by atoms with E-state index < -0.39 is 18.1 Å². The van der Waals surface area contributed by atoms with Gasteiger partial charge in [0.05, 0.1) is 6.54 Å². The third-order valence-electron chi connectivity index (χ3n) is 2.17. The van der Waals surface area contributed by atoms with Gasteiger partial charge in [0.2, 0.25) is 0 Å². The van der Waals surface area contributed by atoms with Crippen LogP contribution in [0.25, 0.3) is 0 Å². The molecule has 7 heteroatoms. The number of carbonyl (C=O) groups is 2. The molecule has 0 aliphatic heterocycles. The maximum absolute atomic E-state index is 11.6. The molecule has 2 amide bonds. The first-order valence-electron chi connectivity index (χ1n) is 5.46. The zero-order chi connectivity index (χ0) is 13.4. The number of hydrogen-bond acceptors (Lipinski definition) is 4. The molecule has 0 aliphatic carbocycles. The van der Waals surface area contributed by atoms with Crippen molar-refractivity contribution in [2.75, 3.05) is 19.7 Å². The number of aliphatic hydroxyl groups excluding tert-OH is 2. The van der Waals surface area contributed by atoms with Gasteiger partial charge in [0.15, 0.2) is 6.10 Å². The van der Waals surface area contributed by atoms with E-state index in [1.165, 1.54) is 4.90 Å². The maximum Gasteiger partial charge on any atom is 0.334 e. The van der Waals surface area contributed by atoms with E-state index in [2.05, 4.69) is 5.32 Å². The summed E-state index contributed by atoms with van der Waals surface area (Å²) in [7, 11) is 0. The van der Waals surface area contributed by atoms with Gasteiger partial charge in [-0.1, -0.05) is 0 Å². The summed E-state index contributed by atoms with van der Waals surface area (Å²) >= 11 is 0. The van der Waals surface area contributed by atoms with Gasteiger partial charge in [0.25, 0.3) is 0 Å². The molecule has 0 radical (unpaired) electrons. The molecule has 0 saturated heterocycles. The van der Waals surface area contributed by atoms with Crippen molar-refractivity contribution in [2.45, 2.75) is 32.4 Å². The van der Waals surface area contributed by atoms with Crippen LogP contribution in [0.1, 0.15) is 20.3 Å². The normalized spacial score (nSPS) is 12.3. The zero-order valence-corrected chi connectivity index (χ0v) is 10.1. The summed E-state index contributed by atoms with van der Waals surface area (Å²) in [5.41, 5.74) is 0. The number of aliphatic carboxylic acids is 1. The van der Waals surface area contributed by atoms with Gasteiger partial charge in [-0.15, -0.1) is 0 Å². The Morgan fingerprint density at radius 2 is 1.94 bits per heavy atom. The van der Waals surface area contributed by atoms with Crippen molar-refractivity contribution in [2.24, 2.45) is 0 Å². The molecule has 100 valence electrons. The number of rotatable bonds is 7. The van der Waals surface area contributed by atoms with Gasteiger partial charge in [-0.25, -0.2) is 9.59 Å². The molecule has 17 heavy (non-hydrogen) atoms. The van der Waals surface area contributed by atoms with E-state index in [-0.39, 0.29) is 19.2 Å². The molecule has 0 unspecified atom stereocenters. The Morgan fingerprint density at radius 3 is 2.35 bits per heavy atom. The maximum atomic E-state index is 11.6. The minimum absolute atomic E-state index is 0.0196. The summed E-state index contributed by atoms with van der Waals surface area (Å²) in [5.74, 6) is -1.38. The fourth-order valence-electron chi connectivity index (χ4n) is 1.21. The number of amides is 2. The molecule has 0 saturated carbocycles. The van der Waals surface area contributed by atoms with E-state index in [0.29, 0.717) is 13.0 Å². The largest absolute Gasteiger partial charge is 0.479 e. The monoisotopic (exact) mass is 248 g/mol. The first-order valence-corrected chi connectivity index (χ1v) is 5.46. The van der Waals surface area contributed by atoms with Gasteiger partial charge in [0, 0.05) is 19.2 Å². The number of nitrogens with one attached hydrogen (secondary N) is 1. The summed E-state index contributed by atoms with van der Waals surface area (Å²) in [6.07, 6.45) is -1.15. The van der Waals surface area contributed by atoms with Crippen LogP contribution in [0.2, 0.25) is 0 Å². The Balaban J connectivity index is 4.18. The van der Waals surface area contributed by atoms with Gasteiger partial charge in [-0.3, -0.25) is 0 Å². The fraction of sp³-hybridized carbons (Fsp3) is 0.800. The summed E-state index contributed by atoms with van der Waals surface area (Å²) in [6.45, 7) is 3.64. The Hall–Kier alpha value is -1.34. The number of carbonyl (C=O) groups excluding carboxylic acids is 1. The fourth-order valence-corrected chi connectivity index (χ4v) is 1.21. The van der Waals surface area contributed by atoms with Crippen LogP contribution in [-0.4, -0.2) is 64.1 Å². The zero-order valence-electron chi connectivity index (χ0n) is 10.1. The van der Waals surface area contributed by atoms with Gasteiger partial charge in [-0.05, 0) is 20.3 Å². The van der Waals surface area contributed by atoms with Crippen LogP contribution in [0.15, 0.2) is 0 Å². The predicted octanol–water partition coefficient (Wildman–Crippen LogP) is -0.766. The highest BCUT2D eigenvalue weighted by molar-refractivity contribution is 5.77.